The standard InChI is InChI=1S/C13H20O6/c1-4-13(2,3)12(16)18-8-6-10(14)19-9-5-7-17-11(9)15/h9H,4-8H2,1-3H3. The number of hydrogen-bond acceptors (Lipinski definition) is 6. The zero-order chi connectivity index (χ0) is 14.5. The highest BCUT2D eigenvalue weighted by Crippen LogP contribution is 2.21. The lowest BCUT2D eigenvalue weighted by Crippen LogP contribution is -2.27. The minimum absolute atomic E-state index is 0.0388. The Kier molecular flexibility index (Phi) is 5.32. The van der Waals surface area contributed by atoms with Crippen LogP contribution in [0.25, 0.3) is 0 Å². The molecule has 0 aromatic carbocycles. The molecule has 1 atom stereocenters. The molecule has 1 fully saturated rings. The number of rotatable bonds is 6. The first-order valence-corrected chi connectivity index (χ1v) is 6.40. The van der Waals surface area contributed by atoms with Crippen LogP contribution in [0.2, 0.25) is 0 Å². The molecule has 1 unspecified atom stereocenters. The highest BCUT2D eigenvalue weighted by atomic mass is 16.6. The van der Waals surface area contributed by atoms with Gasteiger partial charge in [0.2, 0.25) is 6.10 Å². The lowest BCUT2D eigenvalue weighted by atomic mass is 9.91. The van der Waals surface area contributed by atoms with E-state index < -0.39 is 23.5 Å². The zero-order valence-corrected chi connectivity index (χ0v) is 11.6. The Balaban J connectivity index is 2.24. The van der Waals surface area contributed by atoms with Crippen LogP contribution in [0.5, 0.6) is 0 Å². The summed E-state index contributed by atoms with van der Waals surface area (Å²) in [4.78, 5) is 34.1. The smallest absolute Gasteiger partial charge is 0.347 e. The van der Waals surface area contributed by atoms with Crippen molar-refractivity contribution in [3.63, 3.8) is 0 Å². The molecule has 0 amide bonds. The van der Waals surface area contributed by atoms with Crippen LogP contribution in [-0.2, 0) is 28.6 Å². The molecule has 0 radical (unpaired) electrons. The van der Waals surface area contributed by atoms with Gasteiger partial charge in [0.1, 0.15) is 6.61 Å². The maximum absolute atomic E-state index is 11.6. The van der Waals surface area contributed by atoms with Crippen LogP contribution >= 0.6 is 0 Å². The summed E-state index contributed by atoms with van der Waals surface area (Å²) in [5.41, 5.74) is -0.556. The monoisotopic (exact) mass is 272 g/mol. The maximum atomic E-state index is 11.6. The summed E-state index contributed by atoms with van der Waals surface area (Å²) < 4.78 is 14.6. The van der Waals surface area contributed by atoms with E-state index >= 15 is 0 Å². The minimum Gasteiger partial charge on any atom is -0.465 e. The molecule has 0 aromatic rings. The van der Waals surface area contributed by atoms with Crippen molar-refractivity contribution in [1.82, 2.24) is 0 Å². The van der Waals surface area contributed by atoms with Crippen molar-refractivity contribution in [2.24, 2.45) is 5.41 Å². The third-order valence-electron chi connectivity index (χ3n) is 3.14. The highest BCUT2D eigenvalue weighted by molar-refractivity contribution is 5.81. The van der Waals surface area contributed by atoms with Gasteiger partial charge < -0.3 is 14.2 Å². The molecule has 0 bridgehead atoms. The number of esters is 3. The third-order valence-corrected chi connectivity index (χ3v) is 3.14. The molecule has 1 heterocycles. The van der Waals surface area contributed by atoms with Crippen molar-refractivity contribution >= 4 is 17.9 Å². The van der Waals surface area contributed by atoms with Gasteiger partial charge in [0.25, 0.3) is 0 Å². The predicted octanol–water partition coefficient (Wildman–Crippen LogP) is 1.21. The van der Waals surface area contributed by atoms with Gasteiger partial charge in [-0.3, -0.25) is 9.59 Å². The fourth-order valence-corrected chi connectivity index (χ4v) is 1.37. The van der Waals surface area contributed by atoms with E-state index in [1.165, 1.54) is 0 Å². The van der Waals surface area contributed by atoms with E-state index in [9.17, 15) is 14.4 Å². The quantitative estimate of drug-likeness (QED) is 0.534. The molecular weight excluding hydrogens is 252 g/mol. The van der Waals surface area contributed by atoms with Crippen LogP contribution in [-0.4, -0.2) is 37.2 Å². The van der Waals surface area contributed by atoms with Crippen LogP contribution < -0.4 is 0 Å². The Hall–Kier alpha value is -1.59. The van der Waals surface area contributed by atoms with Crippen molar-refractivity contribution in [3.05, 3.63) is 0 Å². The molecule has 0 N–H and O–H groups in total. The first-order valence-electron chi connectivity index (χ1n) is 6.40. The van der Waals surface area contributed by atoms with Gasteiger partial charge in [0, 0.05) is 6.42 Å². The molecular formula is C13H20O6. The van der Waals surface area contributed by atoms with E-state index in [2.05, 4.69) is 4.74 Å². The highest BCUT2D eigenvalue weighted by Gasteiger charge is 2.30. The Labute approximate surface area is 112 Å². The molecule has 6 heteroatoms. The van der Waals surface area contributed by atoms with Crippen LogP contribution in [0.3, 0.4) is 0 Å². The number of cyclic esters (lactones) is 1. The van der Waals surface area contributed by atoms with E-state index in [4.69, 9.17) is 9.47 Å². The molecule has 1 rings (SSSR count). The lowest BCUT2D eigenvalue weighted by Gasteiger charge is -2.20. The summed E-state index contributed by atoms with van der Waals surface area (Å²) in [6.45, 7) is 5.69. The summed E-state index contributed by atoms with van der Waals surface area (Å²) in [6.07, 6.45) is 0.169. The Morgan fingerprint density at radius 3 is 2.63 bits per heavy atom. The van der Waals surface area contributed by atoms with Crippen LogP contribution in [0.4, 0.5) is 0 Å². The SMILES string of the molecule is CCC(C)(C)C(=O)OCCC(=O)OC1CCOC1=O. The summed E-state index contributed by atoms with van der Waals surface area (Å²) >= 11 is 0. The second-order valence-electron chi connectivity index (χ2n) is 5.06. The number of hydrogen-bond donors (Lipinski definition) is 0. The van der Waals surface area contributed by atoms with E-state index in [0.29, 0.717) is 12.8 Å². The molecule has 0 aromatic heterocycles. The minimum atomic E-state index is -0.810. The summed E-state index contributed by atoms with van der Waals surface area (Å²) in [7, 11) is 0. The van der Waals surface area contributed by atoms with E-state index in [1.807, 2.05) is 6.92 Å². The van der Waals surface area contributed by atoms with Crippen LogP contribution in [0.15, 0.2) is 0 Å². The molecule has 0 aliphatic carbocycles. The summed E-state index contributed by atoms with van der Waals surface area (Å²) in [5, 5.41) is 0. The van der Waals surface area contributed by atoms with Crippen molar-refractivity contribution in [2.75, 3.05) is 13.2 Å². The second-order valence-corrected chi connectivity index (χ2v) is 5.06. The Bertz CT molecular complexity index is 360. The maximum Gasteiger partial charge on any atom is 0.347 e. The van der Waals surface area contributed by atoms with Crippen molar-refractivity contribution < 1.29 is 28.6 Å². The topological polar surface area (TPSA) is 78.9 Å². The van der Waals surface area contributed by atoms with Crippen LogP contribution in [0.1, 0.15) is 40.0 Å². The molecule has 19 heavy (non-hydrogen) atoms. The average Bonchev–Trinajstić information content (AvgIpc) is 2.74. The number of ether oxygens (including phenoxy) is 3. The molecule has 1 aliphatic rings. The van der Waals surface area contributed by atoms with Crippen molar-refractivity contribution in [2.45, 2.75) is 46.1 Å². The van der Waals surface area contributed by atoms with Gasteiger partial charge in [0.15, 0.2) is 0 Å². The molecule has 1 aliphatic heterocycles. The summed E-state index contributed by atoms with van der Waals surface area (Å²) in [5.74, 6) is -1.42. The average molecular weight is 272 g/mol. The number of carbonyl (C=O) groups is 3. The first-order chi connectivity index (χ1) is 8.86. The molecule has 1 saturated heterocycles. The third kappa shape index (κ3) is 4.54. The van der Waals surface area contributed by atoms with Crippen molar-refractivity contribution in [3.8, 4) is 0 Å². The second kappa shape index (κ2) is 6.54. The van der Waals surface area contributed by atoms with Gasteiger partial charge in [-0.25, -0.2) is 4.79 Å². The summed E-state index contributed by atoms with van der Waals surface area (Å²) in [6, 6.07) is 0. The normalized spacial score (nSPS) is 18.9. The largest absolute Gasteiger partial charge is 0.465 e. The van der Waals surface area contributed by atoms with Gasteiger partial charge in [-0.1, -0.05) is 6.92 Å². The van der Waals surface area contributed by atoms with E-state index in [0.717, 1.165) is 0 Å². The van der Waals surface area contributed by atoms with Gasteiger partial charge in [0.05, 0.1) is 18.4 Å². The van der Waals surface area contributed by atoms with E-state index in [-0.39, 0.29) is 25.6 Å². The van der Waals surface area contributed by atoms with Gasteiger partial charge in [-0.2, -0.15) is 0 Å². The molecule has 0 spiro atoms. The van der Waals surface area contributed by atoms with Gasteiger partial charge in [-0.15, -0.1) is 0 Å². The van der Waals surface area contributed by atoms with Crippen molar-refractivity contribution in [1.29, 1.82) is 0 Å². The Morgan fingerprint density at radius 1 is 1.42 bits per heavy atom. The molecule has 6 nitrogen and oxygen atoms in total. The fraction of sp³-hybridized carbons (Fsp3) is 0.769. The molecule has 108 valence electrons. The fourth-order valence-electron chi connectivity index (χ4n) is 1.37. The molecule has 0 saturated carbocycles. The first kappa shape index (κ1) is 15.5. The van der Waals surface area contributed by atoms with Crippen LogP contribution in [0, 0.1) is 5.41 Å². The Morgan fingerprint density at radius 2 is 2.11 bits per heavy atom. The van der Waals surface area contributed by atoms with Gasteiger partial charge in [-0.05, 0) is 20.3 Å². The van der Waals surface area contributed by atoms with E-state index in [1.54, 1.807) is 13.8 Å². The van der Waals surface area contributed by atoms with Gasteiger partial charge >= 0.3 is 17.9 Å². The lowest BCUT2D eigenvalue weighted by molar-refractivity contribution is -0.163. The predicted molar refractivity (Wildman–Crippen MR) is 65.1 cm³/mol. The number of carbonyl (C=O) groups excluding carboxylic acids is 3. The zero-order valence-electron chi connectivity index (χ0n) is 11.6.